The third-order valence-electron chi connectivity index (χ3n) is 6.46. The van der Waals surface area contributed by atoms with Crippen LogP contribution in [0, 0.1) is 0 Å². The van der Waals surface area contributed by atoms with Gasteiger partial charge in [-0.1, -0.05) is 54.6 Å². The fraction of sp³-hybridized carbons (Fsp3) is 0.0690. The van der Waals surface area contributed by atoms with E-state index in [1.165, 1.54) is 12.2 Å². The SMILES string of the molecule is CC[NH+]1C(=CC=C2C=CC(=O)C=C2)c2c(oc3c2C(=O)c2ccccc2C3=O)N1c1ccccc1. The summed E-state index contributed by atoms with van der Waals surface area (Å²) in [4.78, 5) is 38.5. The summed E-state index contributed by atoms with van der Waals surface area (Å²) in [7, 11) is 0. The quantitative estimate of drug-likeness (QED) is 0.500. The van der Waals surface area contributed by atoms with Crippen molar-refractivity contribution in [1.82, 2.24) is 0 Å². The second-order valence-electron chi connectivity index (χ2n) is 8.48. The molecule has 0 saturated carbocycles. The maximum Gasteiger partial charge on any atom is 0.262 e. The fourth-order valence-corrected chi connectivity index (χ4v) is 4.86. The number of allylic oxidation sites excluding steroid dienone is 7. The molecule has 6 heteroatoms. The molecule has 0 fully saturated rings. The van der Waals surface area contributed by atoms with Crippen molar-refractivity contribution in [3.05, 3.63) is 125 Å². The van der Waals surface area contributed by atoms with Gasteiger partial charge in [0.15, 0.2) is 23.0 Å². The number of fused-ring (bicyclic) bond motifs is 4. The Morgan fingerprint density at radius 2 is 1.46 bits per heavy atom. The van der Waals surface area contributed by atoms with Crippen LogP contribution >= 0.6 is 0 Å². The lowest BCUT2D eigenvalue weighted by Crippen LogP contribution is -3.14. The summed E-state index contributed by atoms with van der Waals surface area (Å²) in [5, 5.41) is 2.95. The average Bonchev–Trinajstić information content (AvgIpc) is 3.42. The zero-order valence-corrected chi connectivity index (χ0v) is 18.9. The molecular formula is C29H21N2O4+. The van der Waals surface area contributed by atoms with Gasteiger partial charge in [0.1, 0.15) is 12.1 Å². The maximum absolute atomic E-state index is 13.7. The highest BCUT2D eigenvalue weighted by Gasteiger charge is 2.48. The Labute approximate surface area is 201 Å². The average molecular weight is 461 g/mol. The van der Waals surface area contributed by atoms with E-state index in [0.29, 0.717) is 34.7 Å². The van der Waals surface area contributed by atoms with E-state index >= 15 is 0 Å². The van der Waals surface area contributed by atoms with Gasteiger partial charge in [-0.2, -0.15) is 10.0 Å². The first-order valence-corrected chi connectivity index (χ1v) is 11.5. The third-order valence-corrected chi connectivity index (χ3v) is 6.46. The Morgan fingerprint density at radius 3 is 2.14 bits per heavy atom. The largest absolute Gasteiger partial charge is 0.431 e. The summed E-state index contributed by atoms with van der Waals surface area (Å²) in [6.45, 7) is 2.72. The number of hydrogen-bond donors (Lipinski definition) is 1. The van der Waals surface area contributed by atoms with Crippen molar-refractivity contribution in [2.24, 2.45) is 0 Å². The van der Waals surface area contributed by atoms with Crippen LogP contribution in [0.5, 0.6) is 0 Å². The number of nitrogens with one attached hydrogen (secondary N) is 1. The van der Waals surface area contributed by atoms with Gasteiger partial charge < -0.3 is 4.42 Å². The zero-order valence-electron chi connectivity index (χ0n) is 18.9. The molecule has 0 spiro atoms. The summed E-state index contributed by atoms with van der Waals surface area (Å²) < 4.78 is 6.22. The van der Waals surface area contributed by atoms with Gasteiger partial charge in [-0.25, -0.2) is 0 Å². The molecule has 0 amide bonds. The Morgan fingerprint density at radius 1 is 0.800 bits per heavy atom. The summed E-state index contributed by atoms with van der Waals surface area (Å²) in [5.41, 5.74) is 4.25. The normalized spacial score (nSPS) is 19.3. The van der Waals surface area contributed by atoms with Crippen molar-refractivity contribution in [1.29, 1.82) is 0 Å². The van der Waals surface area contributed by atoms with Crippen molar-refractivity contribution < 1.29 is 23.8 Å². The molecule has 2 aromatic carbocycles. The molecule has 35 heavy (non-hydrogen) atoms. The van der Waals surface area contributed by atoms with Gasteiger partial charge in [0.2, 0.25) is 5.78 Å². The number of ketones is 3. The Kier molecular flexibility index (Phi) is 4.83. The van der Waals surface area contributed by atoms with Crippen LogP contribution in [0.15, 0.2) is 101 Å². The second-order valence-corrected chi connectivity index (χ2v) is 8.48. The van der Waals surface area contributed by atoms with Gasteiger partial charge in [-0.15, -0.1) is 0 Å². The van der Waals surface area contributed by atoms with E-state index in [2.05, 4.69) is 0 Å². The lowest BCUT2D eigenvalue weighted by molar-refractivity contribution is -0.822. The predicted octanol–water partition coefficient (Wildman–Crippen LogP) is 3.99. The molecule has 6 rings (SSSR count). The maximum atomic E-state index is 13.7. The van der Waals surface area contributed by atoms with Crippen molar-refractivity contribution in [2.45, 2.75) is 6.92 Å². The number of hydrogen-bond acceptors (Lipinski definition) is 5. The summed E-state index contributed by atoms with van der Waals surface area (Å²) in [6, 6.07) is 16.6. The minimum atomic E-state index is -0.287. The van der Waals surface area contributed by atoms with Crippen molar-refractivity contribution in [3.8, 4) is 0 Å². The van der Waals surface area contributed by atoms with Crippen LogP contribution in [-0.4, -0.2) is 23.9 Å². The number of carbonyl (C=O) groups is 3. The standard InChI is InChI=1S/C29H20N2O4/c1-2-30-23(17-14-18-12-15-20(32)16-13-18)24-25-26(33)21-10-6-7-11-22(21)27(34)28(25)35-29(24)31(30)19-8-4-3-5-9-19/h3-17H,2H2,1H3/p+1. The number of anilines is 2. The number of benzene rings is 2. The van der Waals surface area contributed by atoms with E-state index in [0.717, 1.165) is 22.0 Å². The van der Waals surface area contributed by atoms with Crippen molar-refractivity contribution in [2.75, 3.05) is 11.6 Å². The van der Waals surface area contributed by atoms with E-state index in [9.17, 15) is 14.4 Å². The monoisotopic (exact) mass is 461 g/mol. The summed E-state index contributed by atoms with van der Waals surface area (Å²) >= 11 is 0. The molecule has 3 aromatic rings. The molecule has 1 unspecified atom stereocenters. The lowest BCUT2D eigenvalue weighted by atomic mass is 9.86. The minimum Gasteiger partial charge on any atom is -0.431 e. The molecule has 1 aromatic heterocycles. The Balaban J connectivity index is 1.59. The highest BCUT2D eigenvalue weighted by atomic mass is 16.4. The Hall–Kier alpha value is -4.55. The highest BCUT2D eigenvalue weighted by molar-refractivity contribution is 6.29. The van der Waals surface area contributed by atoms with Crippen LogP contribution in [-0.2, 0) is 4.79 Å². The van der Waals surface area contributed by atoms with Crippen LogP contribution in [0.3, 0.4) is 0 Å². The summed E-state index contributed by atoms with van der Waals surface area (Å²) in [5.74, 6) is -0.00334. The topological polar surface area (TPSA) is 72.0 Å². The molecule has 1 atom stereocenters. The first kappa shape index (κ1) is 21.0. The molecule has 2 aliphatic carbocycles. The second kappa shape index (κ2) is 8.04. The fourth-order valence-electron chi connectivity index (χ4n) is 4.86. The molecule has 2 heterocycles. The molecule has 0 bridgehead atoms. The first-order valence-electron chi connectivity index (χ1n) is 11.5. The minimum absolute atomic E-state index is 0.0549. The summed E-state index contributed by atoms with van der Waals surface area (Å²) in [6.07, 6.45) is 10.4. The van der Waals surface area contributed by atoms with Gasteiger partial charge >= 0.3 is 0 Å². The number of nitrogens with zero attached hydrogens (tertiary/aromatic N) is 1. The number of para-hydroxylation sites is 1. The lowest BCUT2D eigenvalue weighted by Gasteiger charge is -2.25. The van der Waals surface area contributed by atoms with Crippen LogP contribution < -0.4 is 10.0 Å². The van der Waals surface area contributed by atoms with Crippen LogP contribution in [0.25, 0.3) is 5.70 Å². The molecule has 170 valence electrons. The van der Waals surface area contributed by atoms with Crippen molar-refractivity contribution in [3.63, 3.8) is 0 Å². The predicted molar refractivity (Wildman–Crippen MR) is 131 cm³/mol. The first-order chi connectivity index (χ1) is 17.1. The number of quaternary nitrogens is 1. The van der Waals surface area contributed by atoms with E-state index in [4.69, 9.17) is 4.42 Å². The molecule has 6 nitrogen and oxygen atoms in total. The molecule has 1 N–H and O–H groups in total. The number of furan rings is 1. The smallest absolute Gasteiger partial charge is 0.262 e. The van der Waals surface area contributed by atoms with E-state index < -0.39 is 0 Å². The van der Waals surface area contributed by atoms with Crippen LogP contribution in [0.4, 0.5) is 11.6 Å². The molecular weight excluding hydrogens is 440 g/mol. The highest BCUT2D eigenvalue weighted by Crippen LogP contribution is 2.43. The van der Waals surface area contributed by atoms with Crippen LogP contribution in [0.2, 0.25) is 0 Å². The zero-order chi connectivity index (χ0) is 24.1. The van der Waals surface area contributed by atoms with Gasteiger partial charge in [0.05, 0.1) is 11.3 Å². The molecule has 1 aliphatic heterocycles. The van der Waals surface area contributed by atoms with Crippen molar-refractivity contribution >= 4 is 34.6 Å². The van der Waals surface area contributed by atoms with E-state index in [-0.39, 0.29) is 23.1 Å². The number of rotatable bonds is 3. The van der Waals surface area contributed by atoms with E-state index in [1.807, 2.05) is 54.4 Å². The van der Waals surface area contributed by atoms with Gasteiger partial charge in [-0.05, 0) is 42.9 Å². The van der Waals surface area contributed by atoms with Gasteiger partial charge in [-0.3, -0.25) is 14.4 Å². The van der Waals surface area contributed by atoms with Gasteiger partial charge in [0, 0.05) is 17.2 Å². The number of carbonyl (C=O) groups excluding carboxylic acids is 3. The molecule has 0 saturated heterocycles. The third kappa shape index (κ3) is 3.19. The van der Waals surface area contributed by atoms with E-state index in [1.54, 1.807) is 36.4 Å². The van der Waals surface area contributed by atoms with Crippen LogP contribution in [0.1, 0.15) is 44.5 Å². The molecule has 0 radical (unpaired) electrons. The Bertz CT molecular complexity index is 1520. The van der Waals surface area contributed by atoms with Gasteiger partial charge in [0.25, 0.3) is 5.88 Å². The molecule has 3 aliphatic rings.